The van der Waals surface area contributed by atoms with E-state index in [-0.39, 0.29) is 18.4 Å². The van der Waals surface area contributed by atoms with E-state index in [4.69, 9.17) is 0 Å². The summed E-state index contributed by atoms with van der Waals surface area (Å²) in [7, 11) is 0. The van der Waals surface area contributed by atoms with Gasteiger partial charge in [-0.1, -0.05) is 24.3 Å². The molecule has 7 heteroatoms. The van der Waals surface area contributed by atoms with E-state index >= 15 is 0 Å². The predicted molar refractivity (Wildman–Crippen MR) is 107 cm³/mol. The number of aryl methyl sites for hydroxylation is 1. The number of nitrogens with zero attached hydrogens (tertiary/aromatic N) is 3. The van der Waals surface area contributed by atoms with Crippen molar-refractivity contribution < 1.29 is 9.59 Å². The lowest BCUT2D eigenvalue weighted by molar-refractivity contribution is -0.123. The second-order valence-electron chi connectivity index (χ2n) is 6.39. The Balaban J connectivity index is 1.39. The van der Waals surface area contributed by atoms with E-state index in [1.165, 1.54) is 11.8 Å². The molecule has 0 fully saturated rings. The number of benzene rings is 2. The van der Waals surface area contributed by atoms with Crippen molar-refractivity contribution in [1.82, 2.24) is 14.9 Å². The number of imidazole rings is 1. The number of rotatable bonds is 5. The van der Waals surface area contributed by atoms with Crippen molar-refractivity contribution in [1.29, 1.82) is 0 Å². The molecule has 0 atom stereocenters. The molecule has 0 saturated carbocycles. The summed E-state index contributed by atoms with van der Waals surface area (Å²) in [5.74, 6) is 1.09. The third kappa shape index (κ3) is 3.55. The summed E-state index contributed by atoms with van der Waals surface area (Å²) in [4.78, 5) is 31.8. The van der Waals surface area contributed by atoms with E-state index in [0.717, 1.165) is 27.4 Å². The molecule has 0 spiro atoms. The fourth-order valence-electron chi connectivity index (χ4n) is 3.31. The monoisotopic (exact) mass is 380 g/mol. The first-order valence-electron chi connectivity index (χ1n) is 8.84. The van der Waals surface area contributed by atoms with Gasteiger partial charge in [0.15, 0.2) is 0 Å². The Morgan fingerprint density at radius 2 is 1.96 bits per heavy atom. The van der Waals surface area contributed by atoms with Crippen molar-refractivity contribution in [2.24, 2.45) is 0 Å². The van der Waals surface area contributed by atoms with Crippen LogP contribution in [0.4, 0.5) is 5.69 Å². The summed E-state index contributed by atoms with van der Waals surface area (Å²) in [6.07, 6.45) is 0. The highest BCUT2D eigenvalue weighted by Gasteiger charge is 2.26. The first-order valence-corrected chi connectivity index (χ1v) is 9.83. The predicted octanol–water partition coefficient (Wildman–Crippen LogP) is 2.60. The van der Waals surface area contributed by atoms with Crippen LogP contribution in [0.2, 0.25) is 0 Å². The van der Waals surface area contributed by atoms with Gasteiger partial charge in [0.25, 0.3) is 0 Å². The van der Waals surface area contributed by atoms with Gasteiger partial charge in [-0.2, -0.15) is 0 Å². The minimum Gasteiger partial charge on any atom is -0.353 e. The highest BCUT2D eigenvalue weighted by Crippen LogP contribution is 2.34. The lowest BCUT2D eigenvalue weighted by Crippen LogP contribution is -2.43. The van der Waals surface area contributed by atoms with Gasteiger partial charge >= 0.3 is 0 Å². The van der Waals surface area contributed by atoms with Gasteiger partial charge in [0, 0.05) is 18.0 Å². The van der Waals surface area contributed by atoms with E-state index in [9.17, 15) is 9.59 Å². The van der Waals surface area contributed by atoms with Gasteiger partial charge < -0.3 is 14.8 Å². The molecule has 138 valence electrons. The molecule has 2 heterocycles. The molecule has 2 aromatic carbocycles. The Bertz CT molecular complexity index is 1010. The molecule has 1 N–H and O–H groups in total. The molecule has 0 unspecified atom stereocenters. The van der Waals surface area contributed by atoms with Crippen LogP contribution in [0.5, 0.6) is 0 Å². The molecule has 0 saturated heterocycles. The van der Waals surface area contributed by atoms with E-state index < -0.39 is 0 Å². The van der Waals surface area contributed by atoms with Crippen LogP contribution in [0, 0.1) is 6.92 Å². The molecule has 2 amide bonds. The maximum absolute atomic E-state index is 12.4. The Kier molecular flexibility index (Phi) is 4.85. The third-order valence-corrected chi connectivity index (χ3v) is 5.66. The molecule has 1 aliphatic heterocycles. The minimum absolute atomic E-state index is 0.0368. The van der Waals surface area contributed by atoms with Crippen molar-refractivity contribution >= 4 is 40.3 Å². The quantitative estimate of drug-likeness (QED) is 0.739. The van der Waals surface area contributed by atoms with E-state index in [0.29, 0.717) is 18.8 Å². The number of carbonyl (C=O) groups is 2. The molecule has 0 aliphatic carbocycles. The number of aromatic nitrogens is 2. The van der Waals surface area contributed by atoms with E-state index in [2.05, 4.69) is 14.9 Å². The van der Waals surface area contributed by atoms with Gasteiger partial charge in [0.1, 0.15) is 12.4 Å². The Hall–Kier alpha value is -2.80. The van der Waals surface area contributed by atoms with Crippen LogP contribution in [0.1, 0.15) is 5.82 Å². The smallest absolute Gasteiger partial charge is 0.240 e. The van der Waals surface area contributed by atoms with Crippen molar-refractivity contribution in [3.05, 3.63) is 54.4 Å². The molecule has 0 radical (unpaired) electrons. The number of para-hydroxylation sites is 3. The molecule has 4 rings (SSSR count). The van der Waals surface area contributed by atoms with Crippen molar-refractivity contribution in [3.63, 3.8) is 0 Å². The maximum Gasteiger partial charge on any atom is 0.240 e. The first-order chi connectivity index (χ1) is 13.1. The molecular weight excluding hydrogens is 360 g/mol. The summed E-state index contributed by atoms with van der Waals surface area (Å²) in [6.45, 7) is 3.12. The molecule has 1 aliphatic rings. The van der Waals surface area contributed by atoms with Gasteiger partial charge in [-0.15, -0.1) is 11.8 Å². The van der Waals surface area contributed by atoms with Gasteiger partial charge in [-0.3, -0.25) is 9.59 Å². The zero-order valence-corrected chi connectivity index (χ0v) is 15.8. The number of hydrogen-bond donors (Lipinski definition) is 1. The number of hydrogen-bond acceptors (Lipinski definition) is 4. The fraction of sp³-hybridized carbons (Fsp3) is 0.250. The largest absolute Gasteiger partial charge is 0.353 e. The zero-order valence-electron chi connectivity index (χ0n) is 15.0. The molecule has 6 nitrogen and oxygen atoms in total. The number of anilines is 1. The SMILES string of the molecule is Cc1nc2ccccc2n1CCNC(=O)CN1C(=O)CSc2ccccc21. The summed E-state index contributed by atoms with van der Waals surface area (Å²) < 4.78 is 2.09. The number of carbonyl (C=O) groups excluding carboxylic acids is 2. The van der Waals surface area contributed by atoms with Gasteiger partial charge in [0.2, 0.25) is 11.8 Å². The van der Waals surface area contributed by atoms with Gasteiger partial charge in [-0.05, 0) is 31.2 Å². The van der Waals surface area contributed by atoms with Crippen LogP contribution in [-0.4, -0.2) is 40.2 Å². The van der Waals surface area contributed by atoms with Crippen LogP contribution >= 0.6 is 11.8 Å². The number of thioether (sulfide) groups is 1. The average Bonchev–Trinajstić information content (AvgIpc) is 2.99. The summed E-state index contributed by atoms with van der Waals surface area (Å²) in [5.41, 5.74) is 2.82. The van der Waals surface area contributed by atoms with Crippen LogP contribution in [0.15, 0.2) is 53.4 Å². The summed E-state index contributed by atoms with van der Waals surface area (Å²) in [6, 6.07) is 15.6. The standard InChI is InChI=1S/C20H20N4O2S/c1-14-22-15-6-2-3-7-16(15)23(14)11-10-21-19(25)12-24-17-8-4-5-9-18(17)27-13-20(24)26/h2-9H,10-13H2,1H3,(H,21,25). The van der Waals surface area contributed by atoms with Crippen molar-refractivity contribution in [3.8, 4) is 0 Å². The molecule has 1 aromatic heterocycles. The highest BCUT2D eigenvalue weighted by atomic mass is 32.2. The Morgan fingerprint density at radius 3 is 2.85 bits per heavy atom. The summed E-state index contributed by atoms with van der Waals surface area (Å²) >= 11 is 1.51. The molecule has 3 aromatic rings. The van der Waals surface area contributed by atoms with E-state index in [1.54, 1.807) is 4.90 Å². The average molecular weight is 380 g/mol. The van der Waals surface area contributed by atoms with Crippen LogP contribution in [0.3, 0.4) is 0 Å². The number of nitrogens with one attached hydrogen (secondary N) is 1. The summed E-state index contributed by atoms with van der Waals surface area (Å²) in [5, 5.41) is 2.92. The first kappa shape index (κ1) is 17.6. The number of fused-ring (bicyclic) bond motifs is 2. The Morgan fingerprint density at radius 1 is 1.19 bits per heavy atom. The van der Waals surface area contributed by atoms with Crippen molar-refractivity contribution in [2.75, 3.05) is 23.7 Å². The van der Waals surface area contributed by atoms with Gasteiger partial charge in [0.05, 0.1) is 22.5 Å². The highest BCUT2D eigenvalue weighted by molar-refractivity contribution is 8.00. The second-order valence-corrected chi connectivity index (χ2v) is 7.40. The fourth-order valence-corrected chi connectivity index (χ4v) is 4.25. The van der Waals surface area contributed by atoms with E-state index in [1.807, 2.05) is 55.5 Å². The van der Waals surface area contributed by atoms with Crippen LogP contribution in [0.25, 0.3) is 11.0 Å². The topological polar surface area (TPSA) is 67.2 Å². The lowest BCUT2D eigenvalue weighted by Gasteiger charge is -2.28. The normalized spacial score (nSPS) is 13.7. The second kappa shape index (κ2) is 7.44. The lowest BCUT2D eigenvalue weighted by atomic mass is 10.2. The molecular formula is C20H20N4O2S. The number of amides is 2. The molecule has 27 heavy (non-hydrogen) atoms. The minimum atomic E-state index is -0.160. The van der Waals surface area contributed by atoms with Crippen LogP contribution < -0.4 is 10.2 Å². The van der Waals surface area contributed by atoms with Crippen molar-refractivity contribution in [2.45, 2.75) is 18.4 Å². The maximum atomic E-state index is 12.4. The zero-order chi connectivity index (χ0) is 18.8. The van der Waals surface area contributed by atoms with Gasteiger partial charge in [-0.25, -0.2) is 4.98 Å². The van der Waals surface area contributed by atoms with Crippen LogP contribution in [-0.2, 0) is 16.1 Å². The third-order valence-electron chi connectivity index (χ3n) is 4.61. The molecule has 0 bridgehead atoms. The Labute approximate surface area is 161 Å².